The van der Waals surface area contributed by atoms with Gasteiger partial charge in [-0.05, 0) is 38.1 Å². The quantitative estimate of drug-likeness (QED) is 0.585. The van der Waals surface area contributed by atoms with E-state index in [1.54, 1.807) is 45.2 Å². The van der Waals surface area contributed by atoms with Gasteiger partial charge in [0.1, 0.15) is 5.75 Å². The van der Waals surface area contributed by atoms with Gasteiger partial charge in [0.2, 0.25) is 11.8 Å². The molecule has 0 spiro atoms. The third kappa shape index (κ3) is 6.71. The van der Waals surface area contributed by atoms with Crippen LogP contribution in [0.2, 0.25) is 0 Å². The number of carbonyl (C=O) groups excluding carboxylic acids is 2. The van der Waals surface area contributed by atoms with Gasteiger partial charge in [-0.25, -0.2) is 4.98 Å². The maximum atomic E-state index is 12.1. The van der Waals surface area contributed by atoms with E-state index in [2.05, 4.69) is 15.6 Å². The van der Waals surface area contributed by atoms with Gasteiger partial charge in [-0.1, -0.05) is 0 Å². The first-order valence-corrected chi connectivity index (χ1v) is 10.7. The molecule has 0 atom stereocenters. The maximum absolute atomic E-state index is 12.1. The Morgan fingerprint density at radius 1 is 1.26 bits per heavy atom. The molecule has 0 aliphatic rings. The third-order valence-electron chi connectivity index (χ3n) is 3.58. The highest BCUT2D eigenvalue weighted by molar-refractivity contribution is 7.99. The minimum absolute atomic E-state index is 0.0854. The smallest absolute Gasteiger partial charge is 0.234 e. The molecule has 6 nitrogen and oxygen atoms in total. The monoisotopic (exact) mass is 427 g/mol. The van der Waals surface area contributed by atoms with Gasteiger partial charge in [0.25, 0.3) is 0 Å². The van der Waals surface area contributed by atoms with E-state index in [0.717, 1.165) is 17.1 Å². The average molecular weight is 428 g/mol. The molecule has 0 saturated carbocycles. The molecule has 0 unspecified atom stereocenters. The second-order valence-corrected chi connectivity index (χ2v) is 8.50. The van der Waals surface area contributed by atoms with Gasteiger partial charge in [0.05, 0.1) is 24.0 Å². The van der Waals surface area contributed by atoms with Gasteiger partial charge in [0, 0.05) is 22.7 Å². The molecule has 2 amide bonds. The standard InChI is InChI=1S/C18H22ClN3O3S2/c1-18(2,11-19)16(24)22-17-21-13(9-27-17)8-26-10-15(23)20-12-4-6-14(25-3)7-5-12/h4-7,9H,8,10-11H2,1-3H3,(H,20,23)(H,21,22,24). The zero-order chi connectivity index (χ0) is 19.9. The van der Waals surface area contributed by atoms with Crippen LogP contribution in [0.1, 0.15) is 19.5 Å². The fraction of sp³-hybridized carbons (Fsp3) is 0.389. The summed E-state index contributed by atoms with van der Waals surface area (Å²) in [6.07, 6.45) is 0. The van der Waals surface area contributed by atoms with E-state index in [9.17, 15) is 9.59 Å². The number of benzene rings is 1. The van der Waals surface area contributed by atoms with Crippen molar-refractivity contribution in [2.24, 2.45) is 5.41 Å². The molecular weight excluding hydrogens is 406 g/mol. The Labute approximate surface area is 172 Å². The number of methoxy groups -OCH3 is 1. The Hall–Kier alpha value is -1.77. The second-order valence-electron chi connectivity index (χ2n) is 6.39. The van der Waals surface area contributed by atoms with Crippen LogP contribution in [0.25, 0.3) is 0 Å². The number of nitrogens with one attached hydrogen (secondary N) is 2. The van der Waals surface area contributed by atoms with Crippen molar-refractivity contribution in [1.82, 2.24) is 4.98 Å². The summed E-state index contributed by atoms with van der Waals surface area (Å²) in [5.74, 6) is 1.62. The first-order chi connectivity index (χ1) is 12.8. The molecule has 0 aliphatic carbocycles. The second kappa shape index (κ2) is 9.96. The molecule has 1 aromatic heterocycles. The number of thioether (sulfide) groups is 1. The fourth-order valence-electron chi connectivity index (χ4n) is 1.88. The highest BCUT2D eigenvalue weighted by Crippen LogP contribution is 2.24. The summed E-state index contributed by atoms with van der Waals surface area (Å²) in [6.45, 7) is 3.56. The van der Waals surface area contributed by atoms with Gasteiger partial charge in [-0.2, -0.15) is 0 Å². The third-order valence-corrected chi connectivity index (χ3v) is 6.02. The van der Waals surface area contributed by atoms with Crippen LogP contribution >= 0.6 is 34.7 Å². The lowest BCUT2D eigenvalue weighted by molar-refractivity contribution is -0.123. The minimum atomic E-state index is -0.651. The molecule has 0 radical (unpaired) electrons. The topological polar surface area (TPSA) is 80.3 Å². The van der Waals surface area contributed by atoms with E-state index in [4.69, 9.17) is 16.3 Å². The van der Waals surface area contributed by atoms with Gasteiger partial charge < -0.3 is 15.4 Å². The Kier molecular flexibility index (Phi) is 7.94. The highest BCUT2D eigenvalue weighted by Gasteiger charge is 2.27. The van der Waals surface area contributed by atoms with Crippen LogP contribution in [0.3, 0.4) is 0 Å². The van der Waals surface area contributed by atoms with Crippen LogP contribution in [-0.2, 0) is 15.3 Å². The average Bonchev–Trinajstić information content (AvgIpc) is 3.09. The van der Waals surface area contributed by atoms with E-state index in [0.29, 0.717) is 16.6 Å². The lowest BCUT2D eigenvalue weighted by Gasteiger charge is -2.18. The number of thiazole rings is 1. The van der Waals surface area contributed by atoms with Crippen molar-refractivity contribution in [2.45, 2.75) is 19.6 Å². The van der Waals surface area contributed by atoms with Crippen molar-refractivity contribution in [3.05, 3.63) is 35.3 Å². The molecule has 2 N–H and O–H groups in total. The number of nitrogens with zero attached hydrogens (tertiary/aromatic N) is 1. The molecular formula is C18H22ClN3O3S2. The Morgan fingerprint density at radius 2 is 1.96 bits per heavy atom. The van der Waals surface area contributed by atoms with Gasteiger partial charge in [0.15, 0.2) is 5.13 Å². The summed E-state index contributed by atoms with van der Waals surface area (Å²) in [5, 5.41) is 8.02. The number of anilines is 2. The Bertz CT molecular complexity index is 778. The molecule has 146 valence electrons. The number of rotatable bonds is 9. The van der Waals surface area contributed by atoms with E-state index < -0.39 is 5.41 Å². The lowest BCUT2D eigenvalue weighted by atomic mass is 9.95. The predicted octanol–water partition coefficient (Wildman–Crippen LogP) is 4.23. The van der Waals surface area contributed by atoms with Crippen LogP contribution in [-0.4, -0.2) is 35.5 Å². The van der Waals surface area contributed by atoms with Crippen molar-refractivity contribution >= 4 is 57.3 Å². The summed E-state index contributed by atoms with van der Waals surface area (Å²) in [7, 11) is 1.60. The minimum Gasteiger partial charge on any atom is -0.497 e. The summed E-state index contributed by atoms with van der Waals surface area (Å²) in [6, 6.07) is 7.16. The van der Waals surface area contributed by atoms with E-state index in [1.165, 1.54) is 23.1 Å². The molecule has 0 fully saturated rings. The first-order valence-electron chi connectivity index (χ1n) is 8.17. The molecule has 0 bridgehead atoms. The SMILES string of the molecule is COc1ccc(NC(=O)CSCc2csc(NC(=O)C(C)(C)CCl)n2)cc1. The van der Waals surface area contributed by atoms with Crippen LogP contribution in [0.4, 0.5) is 10.8 Å². The van der Waals surface area contributed by atoms with Crippen molar-refractivity contribution in [3.8, 4) is 5.75 Å². The zero-order valence-corrected chi connectivity index (χ0v) is 17.8. The van der Waals surface area contributed by atoms with Crippen LogP contribution in [0, 0.1) is 5.41 Å². The Balaban J connectivity index is 1.76. The zero-order valence-electron chi connectivity index (χ0n) is 15.4. The van der Waals surface area contributed by atoms with E-state index in [1.807, 2.05) is 5.38 Å². The fourth-order valence-corrected chi connectivity index (χ4v) is 3.53. The molecule has 2 aromatic rings. The van der Waals surface area contributed by atoms with Gasteiger partial charge >= 0.3 is 0 Å². The van der Waals surface area contributed by atoms with E-state index in [-0.39, 0.29) is 17.7 Å². The molecule has 0 aliphatic heterocycles. The molecule has 1 heterocycles. The van der Waals surface area contributed by atoms with Gasteiger partial charge in [-0.15, -0.1) is 34.7 Å². The van der Waals surface area contributed by atoms with Crippen molar-refractivity contribution in [3.63, 3.8) is 0 Å². The number of halogens is 1. The van der Waals surface area contributed by atoms with E-state index >= 15 is 0 Å². The van der Waals surface area contributed by atoms with Crippen LogP contribution < -0.4 is 15.4 Å². The normalized spacial score (nSPS) is 11.1. The highest BCUT2D eigenvalue weighted by atomic mass is 35.5. The van der Waals surface area contributed by atoms with Crippen molar-refractivity contribution in [2.75, 3.05) is 29.4 Å². The number of aromatic nitrogens is 1. The maximum Gasteiger partial charge on any atom is 0.234 e. The summed E-state index contributed by atoms with van der Waals surface area (Å²) >= 11 is 8.62. The number of carbonyl (C=O) groups is 2. The number of amides is 2. The molecule has 0 saturated heterocycles. The molecule has 9 heteroatoms. The number of hydrogen-bond acceptors (Lipinski definition) is 6. The van der Waals surface area contributed by atoms with Crippen molar-refractivity contribution in [1.29, 1.82) is 0 Å². The van der Waals surface area contributed by atoms with Crippen LogP contribution in [0.15, 0.2) is 29.6 Å². The number of hydrogen-bond donors (Lipinski definition) is 2. The largest absolute Gasteiger partial charge is 0.497 e. The molecule has 1 aromatic carbocycles. The Morgan fingerprint density at radius 3 is 2.59 bits per heavy atom. The summed E-state index contributed by atoms with van der Waals surface area (Å²) < 4.78 is 5.08. The lowest BCUT2D eigenvalue weighted by Crippen LogP contribution is -2.32. The van der Waals surface area contributed by atoms with Crippen molar-refractivity contribution < 1.29 is 14.3 Å². The van der Waals surface area contributed by atoms with Gasteiger partial charge in [-0.3, -0.25) is 9.59 Å². The number of alkyl halides is 1. The molecule has 2 rings (SSSR count). The predicted molar refractivity (Wildman–Crippen MR) is 113 cm³/mol. The van der Waals surface area contributed by atoms with Crippen LogP contribution in [0.5, 0.6) is 5.75 Å². The summed E-state index contributed by atoms with van der Waals surface area (Å²) in [5.41, 5.74) is 0.894. The summed E-state index contributed by atoms with van der Waals surface area (Å²) in [4.78, 5) is 28.5. The molecule has 27 heavy (non-hydrogen) atoms. The first kappa shape index (κ1) is 21.5. The number of ether oxygens (including phenoxy) is 1.